The van der Waals surface area contributed by atoms with Gasteiger partial charge >= 0.3 is 165 Å². The SMILES string of the molecule is CCCCCCCCN[PH](CNCCCC)(NCCCC)C(N)CCC. The Balaban J connectivity index is 4.64. The van der Waals surface area contributed by atoms with Gasteiger partial charge in [-0.05, 0) is 0 Å². The minimum absolute atomic E-state index is 0.276. The van der Waals surface area contributed by atoms with Crippen molar-refractivity contribution in [3.8, 4) is 0 Å². The molecule has 0 aromatic heterocycles. The first-order valence-electron chi connectivity index (χ1n) is 11.6. The molecule has 0 spiro atoms. The third kappa shape index (κ3) is 12.6. The topological polar surface area (TPSA) is 62.1 Å². The molecular weight excluding hydrogens is 339 g/mol. The molecule has 0 rings (SSSR count). The summed E-state index contributed by atoms with van der Waals surface area (Å²) in [4.78, 5) is 0. The van der Waals surface area contributed by atoms with Crippen molar-refractivity contribution in [2.45, 2.75) is 111 Å². The van der Waals surface area contributed by atoms with E-state index in [4.69, 9.17) is 5.73 Å². The van der Waals surface area contributed by atoms with Crippen molar-refractivity contribution < 1.29 is 0 Å². The van der Waals surface area contributed by atoms with Crippen LogP contribution < -0.4 is 21.2 Å². The number of hydrogen-bond donors (Lipinski definition) is 4. The van der Waals surface area contributed by atoms with Gasteiger partial charge in [0, 0.05) is 0 Å². The molecule has 0 radical (unpaired) electrons. The van der Waals surface area contributed by atoms with Gasteiger partial charge in [0.25, 0.3) is 0 Å². The number of unbranched alkanes of at least 4 members (excludes halogenated alkanes) is 7. The molecular formula is C21H51N4P. The molecule has 5 heteroatoms. The van der Waals surface area contributed by atoms with E-state index >= 15 is 0 Å². The van der Waals surface area contributed by atoms with Crippen LogP contribution in [0.4, 0.5) is 0 Å². The van der Waals surface area contributed by atoms with Crippen LogP contribution in [-0.2, 0) is 0 Å². The fourth-order valence-electron chi connectivity index (χ4n) is 3.43. The Morgan fingerprint density at radius 3 is 1.81 bits per heavy atom. The van der Waals surface area contributed by atoms with Crippen LogP contribution in [0.2, 0.25) is 0 Å². The molecule has 0 bridgehead atoms. The van der Waals surface area contributed by atoms with Crippen molar-refractivity contribution >= 4 is 7.56 Å². The zero-order chi connectivity index (χ0) is 19.5. The van der Waals surface area contributed by atoms with Gasteiger partial charge in [0.05, 0.1) is 0 Å². The van der Waals surface area contributed by atoms with Gasteiger partial charge in [-0.25, -0.2) is 0 Å². The second kappa shape index (κ2) is 18.6. The Hall–Kier alpha value is 0.270. The van der Waals surface area contributed by atoms with Gasteiger partial charge in [-0.1, -0.05) is 0 Å². The summed E-state index contributed by atoms with van der Waals surface area (Å²) in [5, 5.41) is 11.7. The monoisotopic (exact) mass is 390 g/mol. The molecule has 0 saturated heterocycles. The Morgan fingerprint density at radius 1 is 0.654 bits per heavy atom. The maximum atomic E-state index is 6.74. The molecule has 5 N–H and O–H groups in total. The van der Waals surface area contributed by atoms with E-state index in [0.29, 0.717) is 0 Å². The molecule has 160 valence electrons. The molecule has 0 aromatic carbocycles. The minimum atomic E-state index is -1.92. The summed E-state index contributed by atoms with van der Waals surface area (Å²) in [5.41, 5.74) is 6.74. The summed E-state index contributed by atoms with van der Waals surface area (Å²) in [6.45, 7) is 12.4. The van der Waals surface area contributed by atoms with E-state index in [0.717, 1.165) is 32.3 Å². The van der Waals surface area contributed by atoms with E-state index in [1.807, 2.05) is 0 Å². The average molecular weight is 391 g/mol. The van der Waals surface area contributed by atoms with Crippen molar-refractivity contribution in [3.05, 3.63) is 0 Å². The van der Waals surface area contributed by atoms with E-state index in [9.17, 15) is 0 Å². The quantitative estimate of drug-likeness (QED) is 0.167. The molecule has 1 atom stereocenters. The van der Waals surface area contributed by atoms with Gasteiger partial charge in [-0.2, -0.15) is 0 Å². The summed E-state index contributed by atoms with van der Waals surface area (Å²) in [6, 6.07) is 0. The van der Waals surface area contributed by atoms with Crippen LogP contribution in [-0.4, -0.2) is 31.7 Å². The average Bonchev–Trinajstić information content (AvgIpc) is 2.64. The van der Waals surface area contributed by atoms with Crippen molar-refractivity contribution in [2.24, 2.45) is 5.73 Å². The summed E-state index contributed by atoms with van der Waals surface area (Å²) in [6.07, 6.45) is 16.4. The number of nitrogens with two attached hydrogens (primary N) is 1. The maximum absolute atomic E-state index is 6.74. The van der Waals surface area contributed by atoms with Crippen LogP contribution in [0.3, 0.4) is 0 Å². The van der Waals surface area contributed by atoms with Crippen molar-refractivity contribution in [1.82, 2.24) is 15.5 Å². The Bertz CT molecular complexity index is 291. The van der Waals surface area contributed by atoms with E-state index in [1.165, 1.54) is 70.6 Å². The zero-order valence-corrected chi connectivity index (χ0v) is 19.5. The predicted molar refractivity (Wildman–Crippen MR) is 123 cm³/mol. The molecule has 0 saturated carbocycles. The fourth-order valence-corrected chi connectivity index (χ4v) is 7.19. The van der Waals surface area contributed by atoms with Gasteiger partial charge in [0.1, 0.15) is 0 Å². The fraction of sp³-hybridized carbons (Fsp3) is 1.00. The zero-order valence-electron chi connectivity index (χ0n) is 18.5. The second-order valence-electron chi connectivity index (χ2n) is 7.87. The summed E-state index contributed by atoms with van der Waals surface area (Å²) in [7, 11) is -1.92. The third-order valence-corrected chi connectivity index (χ3v) is 9.41. The molecule has 0 heterocycles. The van der Waals surface area contributed by atoms with E-state index in [-0.39, 0.29) is 5.78 Å². The van der Waals surface area contributed by atoms with E-state index in [1.54, 1.807) is 0 Å². The molecule has 0 aromatic rings. The van der Waals surface area contributed by atoms with Gasteiger partial charge in [-0.15, -0.1) is 0 Å². The van der Waals surface area contributed by atoms with Crippen LogP contribution in [0.5, 0.6) is 0 Å². The molecule has 0 aliphatic rings. The van der Waals surface area contributed by atoms with Crippen LogP contribution in [0.1, 0.15) is 105 Å². The molecule has 26 heavy (non-hydrogen) atoms. The van der Waals surface area contributed by atoms with Gasteiger partial charge in [0.15, 0.2) is 0 Å². The molecule has 1 unspecified atom stereocenters. The van der Waals surface area contributed by atoms with Gasteiger partial charge in [0.2, 0.25) is 0 Å². The van der Waals surface area contributed by atoms with Crippen LogP contribution >= 0.6 is 7.56 Å². The van der Waals surface area contributed by atoms with Crippen LogP contribution in [0.15, 0.2) is 0 Å². The number of nitrogens with one attached hydrogen (secondary N) is 3. The summed E-state index contributed by atoms with van der Waals surface area (Å²) in [5.74, 6) is 0.276. The molecule has 0 amide bonds. The van der Waals surface area contributed by atoms with Gasteiger partial charge < -0.3 is 0 Å². The molecule has 0 fully saturated rings. The molecule has 4 nitrogen and oxygen atoms in total. The number of hydrogen-bond acceptors (Lipinski definition) is 4. The van der Waals surface area contributed by atoms with E-state index in [2.05, 4.69) is 43.2 Å². The normalized spacial score (nSPS) is 13.9. The first kappa shape index (κ1) is 26.3. The van der Waals surface area contributed by atoms with Crippen LogP contribution in [0.25, 0.3) is 0 Å². The Morgan fingerprint density at radius 2 is 1.19 bits per heavy atom. The van der Waals surface area contributed by atoms with Crippen molar-refractivity contribution in [1.29, 1.82) is 0 Å². The van der Waals surface area contributed by atoms with Crippen molar-refractivity contribution in [3.63, 3.8) is 0 Å². The Kier molecular flexibility index (Phi) is 18.8. The third-order valence-electron chi connectivity index (χ3n) is 5.29. The van der Waals surface area contributed by atoms with Crippen LogP contribution in [0, 0.1) is 0 Å². The van der Waals surface area contributed by atoms with Gasteiger partial charge in [-0.3, -0.25) is 0 Å². The van der Waals surface area contributed by atoms with Crippen molar-refractivity contribution in [2.75, 3.05) is 25.9 Å². The summed E-state index contributed by atoms with van der Waals surface area (Å²) < 4.78 is 0. The van der Waals surface area contributed by atoms with E-state index < -0.39 is 7.56 Å². The predicted octanol–water partition coefficient (Wildman–Crippen LogP) is 5.34. The standard InChI is InChI=1S/C21H51N4P/c1-5-9-12-13-14-15-19-25-26(21(22)16-8-4,24-18-11-7-3)20-23-17-10-6-2/h21,23-26H,5-20,22H2,1-4H3. The Labute approximate surface area is 165 Å². The first-order chi connectivity index (χ1) is 12.7. The second-order valence-corrected chi connectivity index (χ2v) is 11.6. The summed E-state index contributed by atoms with van der Waals surface area (Å²) >= 11 is 0. The number of rotatable bonds is 20. The first-order valence-corrected chi connectivity index (χ1v) is 13.9. The molecule has 0 aliphatic heterocycles. The molecule has 0 aliphatic carbocycles.